The zero-order chi connectivity index (χ0) is 15.1. The lowest BCUT2D eigenvalue weighted by atomic mass is 10.2. The maximum absolute atomic E-state index is 10.2. The van der Waals surface area contributed by atoms with Crippen LogP contribution in [0.4, 0.5) is 0 Å². The third-order valence-corrected chi connectivity index (χ3v) is 3.28. The van der Waals surface area contributed by atoms with Gasteiger partial charge in [0.15, 0.2) is 5.76 Å². The molecule has 0 saturated heterocycles. The smallest absolute Gasteiger partial charge is 0.221 e. The number of hydrogen-bond acceptors (Lipinski definition) is 7. The Labute approximate surface area is 125 Å². The normalized spacial score (nSPS) is 11.3. The second-order valence-corrected chi connectivity index (χ2v) is 4.92. The van der Waals surface area contributed by atoms with Gasteiger partial charge in [0, 0.05) is 17.6 Å². The number of nitro groups is 1. The molecule has 2 aromatic rings. The van der Waals surface area contributed by atoms with E-state index < -0.39 is 0 Å². The molecule has 0 amide bonds. The first kappa shape index (κ1) is 15.2. The fraction of sp³-hybridized carbons (Fsp3) is 0.417. The van der Waals surface area contributed by atoms with Crippen molar-refractivity contribution in [1.29, 1.82) is 0 Å². The van der Waals surface area contributed by atoms with Crippen molar-refractivity contribution < 1.29 is 9.34 Å². The standard InChI is InChI=1S/C12H15N5O3S/c1-21-12-15-14-11(10-6-5-9-20-10)17(12)13-7-3-2-4-8-16(18)19/h5-7,9H,2-4,8H2,1H3/b13-7+. The Kier molecular flexibility index (Phi) is 5.50. The van der Waals surface area contributed by atoms with Gasteiger partial charge in [0.05, 0.1) is 6.26 Å². The highest BCUT2D eigenvalue weighted by atomic mass is 32.2. The van der Waals surface area contributed by atoms with Crippen LogP contribution in [0.15, 0.2) is 33.1 Å². The monoisotopic (exact) mass is 309 g/mol. The highest BCUT2D eigenvalue weighted by Crippen LogP contribution is 2.22. The molecule has 9 heteroatoms. The van der Waals surface area contributed by atoms with Crippen molar-refractivity contribution in [2.24, 2.45) is 5.10 Å². The second-order valence-electron chi connectivity index (χ2n) is 4.15. The quantitative estimate of drug-likeness (QED) is 0.244. The highest BCUT2D eigenvalue weighted by Gasteiger charge is 2.14. The minimum Gasteiger partial charge on any atom is -0.461 e. The number of nitrogens with zero attached hydrogens (tertiary/aromatic N) is 5. The van der Waals surface area contributed by atoms with Crippen molar-refractivity contribution in [3.05, 3.63) is 28.5 Å². The first-order valence-electron chi connectivity index (χ1n) is 6.40. The van der Waals surface area contributed by atoms with E-state index >= 15 is 0 Å². The van der Waals surface area contributed by atoms with E-state index in [4.69, 9.17) is 4.42 Å². The summed E-state index contributed by atoms with van der Waals surface area (Å²) in [7, 11) is 0. The van der Waals surface area contributed by atoms with Gasteiger partial charge in [-0.25, -0.2) is 0 Å². The Balaban J connectivity index is 2.01. The Hall–Kier alpha value is -2.16. The molecule has 2 aromatic heterocycles. The van der Waals surface area contributed by atoms with E-state index in [1.165, 1.54) is 11.8 Å². The lowest BCUT2D eigenvalue weighted by Crippen LogP contribution is -2.00. The average Bonchev–Trinajstić information content (AvgIpc) is 3.10. The number of thioether (sulfide) groups is 1. The SMILES string of the molecule is CSc1nnc(-c2ccco2)n1/N=C/CCCC[N+](=O)[O-]. The summed E-state index contributed by atoms with van der Waals surface area (Å²) in [5.74, 6) is 1.12. The summed E-state index contributed by atoms with van der Waals surface area (Å²) in [4.78, 5) is 9.91. The molecule has 0 spiro atoms. The van der Waals surface area contributed by atoms with Crippen LogP contribution in [0.5, 0.6) is 0 Å². The maximum Gasteiger partial charge on any atom is 0.221 e. The van der Waals surface area contributed by atoms with Crippen LogP contribution in [0, 0.1) is 10.1 Å². The summed E-state index contributed by atoms with van der Waals surface area (Å²) in [5.41, 5.74) is 0. The predicted molar refractivity (Wildman–Crippen MR) is 79.1 cm³/mol. The number of hydrogen-bond donors (Lipinski definition) is 0. The Bertz CT molecular complexity index is 608. The highest BCUT2D eigenvalue weighted by molar-refractivity contribution is 7.98. The van der Waals surface area contributed by atoms with Gasteiger partial charge in [-0.1, -0.05) is 11.8 Å². The molecule has 21 heavy (non-hydrogen) atoms. The summed E-state index contributed by atoms with van der Waals surface area (Å²) in [6.45, 7) is -0.00578. The molecule has 0 atom stereocenters. The van der Waals surface area contributed by atoms with Gasteiger partial charge in [-0.2, -0.15) is 9.78 Å². The molecule has 0 unspecified atom stereocenters. The van der Waals surface area contributed by atoms with Crippen molar-refractivity contribution in [1.82, 2.24) is 14.9 Å². The Morgan fingerprint density at radius 2 is 2.38 bits per heavy atom. The summed E-state index contributed by atoms with van der Waals surface area (Å²) >= 11 is 1.43. The molecule has 8 nitrogen and oxygen atoms in total. The number of rotatable bonds is 8. The Morgan fingerprint density at radius 1 is 1.52 bits per heavy atom. The molecule has 0 fully saturated rings. The van der Waals surface area contributed by atoms with Crippen LogP contribution < -0.4 is 0 Å². The molecular weight excluding hydrogens is 294 g/mol. The van der Waals surface area contributed by atoms with Crippen molar-refractivity contribution in [3.63, 3.8) is 0 Å². The van der Waals surface area contributed by atoms with E-state index in [9.17, 15) is 10.1 Å². The van der Waals surface area contributed by atoms with Gasteiger partial charge >= 0.3 is 0 Å². The van der Waals surface area contributed by atoms with Gasteiger partial charge in [0.2, 0.25) is 17.5 Å². The van der Waals surface area contributed by atoms with Crippen LogP contribution >= 0.6 is 11.8 Å². The largest absolute Gasteiger partial charge is 0.461 e. The van der Waals surface area contributed by atoms with E-state index in [1.807, 2.05) is 6.26 Å². The number of unbranched alkanes of at least 4 members (excludes halogenated alkanes) is 2. The number of furan rings is 1. The molecule has 2 heterocycles. The summed E-state index contributed by atoms with van der Waals surface area (Å²) < 4.78 is 6.92. The van der Waals surface area contributed by atoms with Crippen molar-refractivity contribution >= 4 is 18.0 Å². The van der Waals surface area contributed by atoms with E-state index in [0.717, 1.165) is 6.42 Å². The molecule has 0 radical (unpaired) electrons. The van der Waals surface area contributed by atoms with Crippen molar-refractivity contribution in [2.75, 3.05) is 12.8 Å². The van der Waals surface area contributed by atoms with Crippen molar-refractivity contribution in [2.45, 2.75) is 24.4 Å². The summed E-state index contributed by atoms with van der Waals surface area (Å²) in [6.07, 6.45) is 7.10. The van der Waals surface area contributed by atoms with Gasteiger partial charge in [-0.05, 0) is 31.2 Å². The molecule has 112 valence electrons. The first-order chi connectivity index (χ1) is 10.2. The van der Waals surface area contributed by atoms with Crippen LogP contribution in [0.1, 0.15) is 19.3 Å². The van der Waals surface area contributed by atoms with Gasteiger partial charge in [-0.3, -0.25) is 10.1 Å². The topological polar surface area (TPSA) is 99.3 Å². The second kappa shape index (κ2) is 7.58. The van der Waals surface area contributed by atoms with Crippen LogP contribution in [0.2, 0.25) is 0 Å². The lowest BCUT2D eigenvalue weighted by molar-refractivity contribution is -0.480. The molecule has 0 bridgehead atoms. The first-order valence-corrected chi connectivity index (χ1v) is 7.62. The summed E-state index contributed by atoms with van der Waals surface area (Å²) in [6, 6.07) is 3.56. The van der Waals surface area contributed by atoms with Gasteiger partial charge in [0.25, 0.3) is 0 Å². The zero-order valence-electron chi connectivity index (χ0n) is 11.5. The predicted octanol–water partition coefficient (Wildman–Crippen LogP) is 2.54. The maximum atomic E-state index is 10.2. The molecule has 0 aliphatic carbocycles. The lowest BCUT2D eigenvalue weighted by Gasteiger charge is -2.00. The van der Waals surface area contributed by atoms with E-state index in [-0.39, 0.29) is 11.5 Å². The minimum atomic E-state index is -0.308. The van der Waals surface area contributed by atoms with E-state index in [0.29, 0.717) is 29.6 Å². The number of aromatic nitrogens is 3. The van der Waals surface area contributed by atoms with Crippen molar-refractivity contribution in [3.8, 4) is 11.6 Å². The van der Waals surface area contributed by atoms with E-state index in [2.05, 4.69) is 15.3 Å². The third-order valence-electron chi connectivity index (χ3n) is 2.66. The Morgan fingerprint density at radius 3 is 3.05 bits per heavy atom. The van der Waals surface area contributed by atoms with Crippen LogP contribution in [0.25, 0.3) is 11.6 Å². The fourth-order valence-corrected chi connectivity index (χ4v) is 2.10. The van der Waals surface area contributed by atoms with Crippen LogP contribution in [-0.2, 0) is 0 Å². The third kappa shape index (κ3) is 4.15. The molecular formula is C12H15N5O3S. The van der Waals surface area contributed by atoms with E-state index in [1.54, 1.807) is 29.3 Å². The van der Waals surface area contributed by atoms with Gasteiger partial charge in [0.1, 0.15) is 0 Å². The minimum absolute atomic E-state index is 0.00578. The summed E-state index contributed by atoms with van der Waals surface area (Å²) in [5, 5.41) is 23.3. The van der Waals surface area contributed by atoms with Crippen LogP contribution in [0.3, 0.4) is 0 Å². The molecule has 0 aliphatic heterocycles. The molecule has 0 N–H and O–H groups in total. The van der Waals surface area contributed by atoms with Gasteiger partial charge < -0.3 is 4.42 Å². The fourth-order valence-electron chi connectivity index (χ4n) is 1.67. The average molecular weight is 309 g/mol. The molecule has 0 aromatic carbocycles. The van der Waals surface area contributed by atoms with Gasteiger partial charge in [-0.15, -0.1) is 10.2 Å². The zero-order valence-corrected chi connectivity index (χ0v) is 12.3. The molecule has 0 aliphatic rings. The molecule has 0 saturated carbocycles. The van der Waals surface area contributed by atoms with Crippen LogP contribution in [-0.4, -0.2) is 38.8 Å². The molecule has 2 rings (SSSR count).